The Balaban J connectivity index is 0.00000264. The van der Waals surface area contributed by atoms with Crippen molar-refractivity contribution in [2.24, 2.45) is 0 Å². The largest absolute Gasteiger partial charge is 0.487 e. The lowest BCUT2D eigenvalue weighted by Crippen LogP contribution is -2.46. The van der Waals surface area contributed by atoms with Gasteiger partial charge in [0.05, 0.1) is 5.69 Å². The molecule has 5 heteroatoms. The average Bonchev–Trinajstić information content (AvgIpc) is 2.58. The maximum atomic E-state index is 8.81. The normalized spacial score (nSPS) is 15.1. The summed E-state index contributed by atoms with van der Waals surface area (Å²) in [7, 11) is 0. The molecule has 0 unspecified atom stereocenters. The van der Waals surface area contributed by atoms with Gasteiger partial charge in [-0.1, -0.05) is 24.8 Å². The summed E-state index contributed by atoms with van der Waals surface area (Å²) in [4.78, 5) is 4.92. The van der Waals surface area contributed by atoms with Gasteiger partial charge in [-0.15, -0.1) is 12.4 Å². The van der Waals surface area contributed by atoms with Crippen molar-refractivity contribution in [3.8, 4) is 5.75 Å². The van der Waals surface area contributed by atoms with E-state index in [0.29, 0.717) is 13.2 Å². The molecular formula is C18H29ClN2O2. The van der Waals surface area contributed by atoms with Crippen molar-refractivity contribution in [2.45, 2.75) is 19.3 Å². The number of para-hydroxylation sites is 2. The monoisotopic (exact) mass is 340 g/mol. The van der Waals surface area contributed by atoms with Crippen LogP contribution in [0.4, 0.5) is 5.69 Å². The summed E-state index contributed by atoms with van der Waals surface area (Å²) in [6, 6.07) is 8.24. The highest BCUT2D eigenvalue weighted by atomic mass is 35.5. The Hall–Kier alpha value is -1.23. The Labute approximate surface area is 146 Å². The van der Waals surface area contributed by atoms with Crippen LogP contribution in [0.1, 0.15) is 19.3 Å². The molecule has 1 aliphatic heterocycles. The van der Waals surface area contributed by atoms with Crippen LogP contribution in [0.25, 0.3) is 0 Å². The van der Waals surface area contributed by atoms with Crippen molar-refractivity contribution in [1.29, 1.82) is 0 Å². The molecule has 1 heterocycles. The van der Waals surface area contributed by atoms with Crippen LogP contribution in [0.2, 0.25) is 0 Å². The van der Waals surface area contributed by atoms with Crippen molar-refractivity contribution in [1.82, 2.24) is 4.90 Å². The van der Waals surface area contributed by atoms with E-state index in [-0.39, 0.29) is 12.4 Å². The van der Waals surface area contributed by atoms with E-state index >= 15 is 0 Å². The molecule has 130 valence electrons. The first-order chi connectivity index (χ1) is 10.8. The molecule has 23 heavy (non-hydrogen) atoms. The maximum absolute atomic E-state index is 8.81. The van der Waals surface area contributed by atoms with E-state index in [0.717, 1.165) is 51.3 Å². The lowest BCUT2D eigenvalue weighted by atomic mass is 10.2. The molecule has 0 saturated carbocycles. The lowest BCUT2D eigenvalue weighted by molar-refractivity contribution is 0.241. The van der Waals surface area contributed by atoms with Gasteiger partial charge in [-0.25, -0.2) is 0 Å². The van der Waals surface area contributed by atoms with Crippen LogP contribution in [0.15, 0.2) is 36.9 Å². The molecule has 0 aromatic heterocycles. The molecule has 0 amide bonds. The summed E-state index contributed by atoms with van der Waals surface area (Å²) in [6.45, 7) is 9.96. The van der Waals surface area contributed by atoms with Crippen molar-refractivity contribution >= 4 is 18.1 Å². The number of nitrogens with zero attached hydrogens (tertiary/aromatic N) is 2. The van der Waals surface area contributed by atoms with E-state index in [1.807, 2.05) is 12.1 Å². The minimum absolute atomic E-state index is 0. The Bertz CT molecular complexity index is 448. The van der Waals surface area contributed by atoms with Crippen molar-refractivity contribution in [3.05, 3.63) is 36.9 Å². The van der Waals surface area contributed by atoms with Gasteiger partial charge in [-0.3, -0.25) is 4.90 Å². The standard InChI is InChI=1S/C18H28N2O2.ClH/c1-2-16-22-18-9-5-4-8-17(18)20-13-11-19(12-14-20)10-6-3-7-15-21;/h2,4-5,8-9,21H,1,3,6-7,10-16H2;1H. The van der Waals surface area contributed by atoms with Gasteiger partial charge < -0.3 is 14.7 Å². The van der Waals surface area contributed by atoms with Crippen LogP contribution in [0, 0.1) is 0 Å². The zero-order chi connectivity index (χ0) is 15.6. The molecule has 1 N–H and O–H groups in total. The number of unbranched alkanes of at least 4 members (excludes halogenated alkanes) is 2. The zero-order valence-corrected chi connectivity index (χ0v) is 14.6. The third kappa shape index (κ3) is 6.42. The second-order valence-corrected chi connectivity index (χ2v) is 5.68. The fourth-order valence-electron chi connectivity index (χ4n) is 2.83. The molecule has 0 spiro atoms. The molecular weight excluding hydrogens is 312 g/mol. The number of hydrogen-bond acceptors (Lipinski definition) is 4. The van der Waals surface area contributed by atoms with Crippen molar-refractivity contribution in [3.63, 3.8) is 0 Å². The molecule has 0 atom stereocenters. The predicted octanol–water partition coefficient (Wildman–Crippen LogP) is 2.96. The summed E-state index contributed by atoms with van der Waals surface area (Å²) in [6.07, 6.45) is 5.00. The quantitative estimate of drug-likeness (QED) is 0.554. The highest BCUT2D eigenvalue weighted by molar-refractivity contribution is 5.85. The van der Waals surface area contributed by atoms with Gasteiger partial charge in [0.1, 0.15) is 12.4 Å². The number of halogens is 1. The van der Waals surface area contributed by atoms with Crippen LogP contribution >= 0.6 is 12.4 Å². The second-order valence-electron chi connectivity index (χ2n) is 5.68. The van der Waals surface area contributed by atoms with E-state index in [1.54, 1.807) is 6.08 Å². The van der Waals surface area contributed by atoms with E-state index < -0.39 is 0 Å². The predicted molar refractivity (Wildman–Crippen MR) is 99.0 cm³/mol. The Kier molecular flexibility index (Phi) is 9.76. The van der Waals surface area contributed by atoms with Crippen molar-refractivity contribution in [2.75, 3.05) is 50.8 Å². The first-order valence-corrected chi connectivity index (χ1v) is 8.26. The number of benzene rings is 1. The van der Waals surface area contributed by atoms with E-state index in [9.17, 15) is 0 Å². The highest BCUT2D eigenvalue weighted by Crippen LogP contribution is 2.28. The fourth-order valence-corrected chi connectivity index (χ4v) is 2.83. The average molecular weight is 341 g/mol. The van der Waals surface area contributed by atoms with Gasteiger partial charge in [0, 0.05) is 32.8 Å². The van der Waals surface area contributed by atoms with Crippen LogP contribution in [0.5, 0.6) is 5.75 Å². The number of aliphatic hydroxyl groups is 1. The van der Waals surface area contributed by atoms with Crippen molar-refractivity contribution < 1.29 is 9.84 Å². The summed E-state index contributed by atoms with van der Waals surface area (Å²) in [5, 5.41) is 8.81. The summed E-state index contributed by atoms with van der Waals surface area (Å²) in [5.41, 5.74) is 1.18. The van der Waals surface area contributed by atoms with E-state index in [2.05, 4.69) is 28.5 Å². The summed E-state index contributed by atoms with van der Waals surface area (Å²) < 4.78 is 5.76. The molecule has 1 aromatic carbocycles. The fraction of sp³-hybridized carbons (Fsp3) is 0.556. The minimum Gasteiger partial charge on any atom is -0.487 e. The van der Waals surface area contributed by atoms with Gasteiger partial charge in [0.25, 0.3) is 0 Å². The molecule has 1 aliphatic rings. The maximum Gasteiger partial charge on any atom is 0.143 e. The highest BCUT2D eigenvalue weighted by Gasteiger charge is 2.19. The molecule has 1 saturated heterocycles. The third-order valence-electron chi connectivity index (χ3n) is 4.07. The molecule has 1 aromatic rings. The molecule has 0 radical (unpaired) electrons. The number of anilines is 1. The summed E-state index contributed by atoms with van der Waals surface area (Å²) in [5.74, 6) is 0.943. The van der Waals surface area contributed by atoms with Crippen LogP contribution in [0.3, 0.4) is 0 Å². The molecule has 0 bridgehead atoms. The SMILES string of the molecule is C=CCOc1ccccc1N1CCN(CCCCCO)CC1.Cl. The Morgan fingerprint density at radius 3 is 2.52 bits per heavy atom. The smallest absolute Gasteiger partial charge is 0.143 e. The molecule has 4 nitrogen and oxygen atoms in total. The Morgan fingerprint density at radius 1 is 1.09 bits per heavy atom. The zero-order valence-electron chi connectivity index (χ0n) is 13.8. The first-order valence-electron chi connectivity index (χ1n) is 8.26. The second kappa shape index (κ2) is 11.3. The van der Waals surface area contributed by atoms with Gasteiger partial charge in [-0.05, 0) is 37.9 Å². The lowest BCUT2D eigenvalue weighted by Gasteiger charge is -2.36. The van der Waals surface area contributed by atoms with Crippen LogP contribution in [-0.2, 0) is 0 Å². The Morgan fingerprint density at radius 2 is 1.83 bits per heavy atom. The number of rotatable bonds is 9. The van der Waals surface area contributed by atoms with E-state index in [4.69, 9.17) is 9.84 Å². The van der Waals surface area contributed by atoms with Crippen LogP contribution < -0.4 is 9.64 Å². The molecule has 2 rings (SSSR count). The third-order valence-corrected chi connectivity index (χ3v) is 4.07. The number of aliphatic hydroxyl groups excluding tert-OH is 1. The van der Waals surface area contributed by atoms with Crippen LogP contribution in [-0.4, -0.2) is 55.9 Å². The first kappa shape index (κ1) is 19.8. The number of hydrogen-bond donors (Lipinski definition) is 1. The van der Waals surface area contributed by atoms with Gasteiger partial charge in [0.15, 0.2) is 0 Å². The van der Waals surface area contributed by atoms with Gasteiger partial charge in [0.2, 0.25) is 0 Å². The molecule has 1 fully saturated rings. The summed E-state index contributed by atoms with van der Waals surface area (Å²) >= 11 is 0. The van der Waals surface area contributed by atoms with Gasteiger partial charge >= 0.3 is 0 Å². The minimum atomic E-state index is 0. The van der Waals surface area contributed by atoms with Gasteiger partial charge in [-0.2, -0.15) is 0 Å². The molecule has 0 aliphatic carbocycles. The number of ether oxygens (including phenoxy) is 1. The van der Waals surface area contributed by atoms with E-state index in [1.165, 1.54) is 12.1 Å². The number of piperazine rings is 1. The topological polar surface area (TPSA) is 35.9 Å².